The maximum absolute atomic E-state index is 13.8. The fourth-order valence-electron chi connectivity index (χ4n) is 5.02. The Labute approximate surface area is 285 Å². The van der Waals surface area contributed by atoms with Gasteiger partial charge in [0.15, 0.2) is 0 Å². The van der Waals surface area contributed by atoms with Gasteiger partial charge in [0.05, 0.1) is 18.8 Å². The molecule has 4 aromatic rings. The number of carbonyl (C=O) groups excluding carboxylic acids is 5. The standard InChI is InChI=1S/C38H41N5O6/c1-24(2)22-32(34(44)38(48)40-28-14-9-6-10-15-28)42-37(47)33(23-26-18-20-29(49-4)21-19-26)43-35(45)25(3)39-36(46)31-17-11-16-30(41-31)27-12-7-5-8-13-27/h5-21,24-25,32-33H,22-23H2,1-4H3,(H,39,46)(H,40,48)(H,42,47)(H,43,45)/t25-,32-,33-/m0/s1. The molecule has 0 unspecified atom stereocenters. The zero-order chi connectivity index (χ0) is 35.3. The molecule has 0 aliphatic rings. The normalized spacial score (nSPS) is 12.6. The minimum Gasteiger partial charge on any atom is -0.497 e. The van der Waals surface area contributed by atoms with Gasteiger partial charge in [-0.05, 0) is 61.2 Å². The van der Waals surface area contributed by atoms with Crippen LogP contribution in [0.2, 0.25) is 0 Å². The quantitative estimate of drug-likeness (QED) is 0.138. The number of nitrogens with zero attached hydrogens (tertiary/aromatic N) is 1. The molecule has 0 radical (unpaired) electrons. The molecular formula is C38H41N5O6. The van der Waals surface area contributed by atoms with E-state index in [0.29, 0.717) is 22.7 Å². The van der Waals surface area contributed by atoms with Crippen LogP contribution in [-0.4, -0.2) is 59.6 Å². The summed E-state index contributed by atoms with van der Waals surface area (Å²) in [6.07, 6.45) is 0.249. The highest BCUT2D eigenvalue weighted by Crippen LogP contribution is 2.17. The van der Waals surface area contributed by atoms with Crippen molar-refractivity contribution in [2.45, 2.75) is 51.7 Å². The van der Waals surface area contributed by atoms with Crippen molar-refractivity contribution in [1.29, 1.82) is 0 Å². The Morgan fingerprint density at radius 2 is 1.33 bits per heavy atom. The molecule has 0 bridgehead atoms. The zero-order valence-corrected chi connectivity index (χ0v) is 27.9. The third-order valence-corrected chi connectivity index (χ3v) is 7.62. The summed E-state index contributed by atoms with van der Waals surface area (Å²) >= 11 is 0. The summed E-state index contributed by atoms with van der Waals surface area (Å²) < 4.78 is 5.23. The molecule has 1 aromatic heterocycles. The van der Waals surface area contributed by atoms with Gasteiger partial charge in [0.25, 0.3) is 11.8 Å². The number of hydrogen-bond acceptors (Lipinski definition) is 7. The highest BCUT2D eigenvalue weighted by Gasteiger charge is 2.32. The summed E-state index contributed by atoms with van der Waals surface area (Å²) in [6, 6.07) is 26.6. The Hall–Kier alpha value is -5.84. The number of ketones is 1. The van der Waals surface area contributed by atoms with Crippen molar-refractivity contribution in [3.05, 3.63) is 114 Å². The van der Waals surface area contributed by atoms with Gasteiger partial charge in [-0.3, -0.25) is 24.0 Å². The Morgan fingerprint density at radius 3 is 1.96 bits per heavy atom. The van der Waals surface area contributed by atoms with Crippen LogP contribution in [0.25, 0.3) is 11.3 Å². The first-order valence-corrected chi connectivity index (χ1v) is 16.0. The van der Waals surface area contributed by atoms with Crippen LogP contribution in [0, 0.1) is 5.92 Å². The highest BCUT2D eigenvalue weighted by atomic mass is 16.5. The number of methoxy groups -OCH3 is 1. The zero-order valence-electron chi connectivity index (χ0n) is 27.9. The van der Waals surface area contributed by atoms with Gasteiger partial charge >= 0.3 is 0 Å². The summed E-state index contributed by atoms with van der Waals surface area (Å²) in [5, 5.41) is 10.7. The third-order valence-electron chi connectivity index (χ3n) is 7.62. The fraction of sp³-hybridized carbons (Fsp3) is 0.263. The van der Waals surface area contributed by atoms with E-state index in [2.05, 4.69) is 26.3 Å². The minimum atomic E-state index is -1.15. The summed E-state index contributed by atoms with van der Waals surface area (Å²) in [4.78, 5) is 71.0. The molecule has 0 aliphatic carbocycles. The second kappa shape index (κ2) is 17.4. The monoisotopic (exact) mass is 663 g/mol. The topological polar surface area (TPSA) is 156 Å². The van der Waals surface area contributed by atoms with Crippen LogP contribution in [0.4, 0.5) is 5.69 Å². The van der Waals surface area contributed by atoms with Crippen LogP contribution in [0.5, 0.6) is 5.75 Å². The van der Waals surface area contributed by atoms with E-state index >= 15 is 0 Å². The highest BCUT2D eigenvalue weighted by molar-refractivity contribution is 6.42. The van der Waals surface area contributed by atoms with Gasteiger partial charge in [-0.25, -0.2) is 4.98 Å². The van der Waals surface area contributed by atoms with Gasteiger partial charge in [-0.2, -0.15) is 0 Å². The van der Waals surface area contributed by atoms with Crippen molar-refractivity contribution >= 4 is 35.1 Å². The van der Waals surface area contributed by atoms with Gasteiger partial charge in [-0.1, -0.05) is 80.6 Å². The van der Waals surface area contributed by atoms with Crippen molar-refractivity contribution in [3.8, 4) is 17.0 Å². The molecular weight excluding hydrogens is 622 g/mol. The molecule has 4 amide bonds. The number of rotatable bonds is 15. The number of ether oxygens (including phenoxy) is 1. The number of aromatic nitrogens is 1. The van der Waals surface area contributed by atoms with E-state index in [1.165, 1.54) is 14.0 Å². The van der Waals surface area contributed by atoms with Crippen molar-refractivity contribution in [2.75, 3.05) is 12.4 Å². The van der Waals surface area contributed by atoms with Gasteiger partial charge in [0.1, 0.15) is 23.5 Å². The molecule has 4 N–H and O–H groups in total. The molecule has 11 heteroatoms. The molecule has 0 saturated carbocycles. The van der Waals surface area contributed by atoms with Crippen molar-refractivity contribution in [1.82, 2.24) is 20.9 Å². The number of nitrogens with one attached hydrogen (secondary N) is 4. The molecule has 3 aromatic carbocycles. The van der Waals surface area contributed by atoms with Gasteiger partial charge in [0, 0.05) is 17.7 Å². The number of Topliss-reactive ketones (excluding diaryl/α,β-unsaturated/α-hetero) is 1. The molecule has 11 nitrogen and oxygen atoms in total. The average Bonchev–Trinajstić information content (AvgIpc) is 3.11. The number of pyridine rings is 1. The van der Waals surface area contributed by atoms with E-state index < -0.39 is 47.5 Å². The predicted molar refractivity (Wildman–Crippen MR) is 187 cm³/mol. The average molecular weight is 664 g/mol. The number of carbonyl (C=O) groups is 5. The molecule has 49 heavy (non-hydrogen) atoms. The number of anilines is 1. The summed E-state index contributed by atoms with van der Waals surface area (Å²) in [5.41, 5.74) is 2.70. The number of hydrogen-bond donors (Lipinski definition) is 4. The summed E-state index contributed by atoms with van der Waals surface area (Å²) in [6.45, 7) is 5.23. The smallest absolute Gasteiger partial charge is 0.293 e. The van der Waals surface area contributed by atoms with Gasteiger partial charge in [0.2, 0.25) is 17.6 Å². The number of benzene rings is 3. The second-order valence-corrected chi connectivity index (χ2v) is 12.0. The summed E-state index contributed by atoms with van der Waals surface area (Å²) in [5.74, 6) is -2.97. The maximum atomic E-state index is 13.8. The van der Waals surface area contributed by atoms with E-state index in [4.69, 9.17) is 4.74 Å². The van der Waals surface area contributed by atoms with Crippen LogP contribution in [0.15, 0.2) is 103 Å². The van der Waals surface area contributed by atoms with Crippen LogP contribution in [-0.2, 0) is 25.6 Å². The Balaban J connectivity index is 1.49. The van der Waals surface area contributed by atoms with Crippen molar-refractivity contribution < 1.29 is 28.7 Å². The first kappa shape index (κ1) is 36.0. The number of amides is 4. The molecule has 254 valence electrons. The van der Waals surface area contributed by atoms with Crippen LogP contribution >= 0.6 is 0 Å². The van der Waals surface area contributed by atoms with Gasteiger partial charge in [-0.15, -0.1) is 0 Å². The van der Waals surface area contributed by atoms with E-state index in [0.717, 1.165) is 5.56 Å². The van der Waals surface area contributed by atoms with Gasteiger partial charge < -0.3 is 26.0 Å². The lowest BCUT2D eigenvalue weighted by atomic mass is 9.98. The minimum absolute atomic E-state index is 0.0438. The molecule has 0 aliphatic heterocycles. The molecule has 1 heterocycles. The second-order valence-electron chi connectivity index (χ2n) is 12.0. The Morgan fingerprint density at radius 1 is 0.694 bits per heavy atom. The first-order chi connectivity index (χ1) is 23.5. The fourth-order valence-corrected chi connectivity index (χ4v) is 5.02. The molecule has 0 spiro atoms. The Kier molecular flexibility index (Phi) is 12.7. The van der Waals surface area contributed by atoms with E-state index in [1.807, 2.05) is 44.2 Å². The van der Waals surface area contributed by atoms with Crippen LogP contribution in [0.1, 0.15) is 43.2 Å². The predicted octanol–water partition coefficient (Wildman–Crippen LogP) is 4.34. The third kappa shape index (κ3) is 10.6. The first-order valence-electron chi connectivity index (χ1n) is 16.0. The molecule has 0 fully saturated rings. The lowest BCUT2D eigenvalue weighted by Crippen LogP contribution is -2.56. The Bertz CT molecular complexity index is 1750. The van der Waals surface area contributed by atoms with Crippen molar-refractivity contribution in [3.63, 3.8) is 0 Å². The molecule has 4 rings (SSSR count). The van der Waals surface area contributed by atoms with E-state index in [-0.39, 0.29) is 24.5 Å². The largest absolute Gasteiger partial charge is 0.497 e. The summed E-state index contributed by atoms with van der Waals surface area (Å²) in [7, 11) is 1.54. The van der Waals surface area contributed by atoms with Crippen molar-refractivity contribution in [2.24, 2.45) is 5.92 Å². The maximum Gasteiger partial charge on any atom is 0.293 e. The van der Waals surface area contributed by atoms with E-state index in [9.17, 15) is 24.0 Å². The molecule has 0 saturated heterocycles. The van der Waals surface area contributed by atoms with Crippen LogP contribution < -0.4 is 26.0 Å². The lowest BCUT2D eigenvalue weighted by Gasteiger charge is -2.25. The van der Waals surface area contributed by atoms with Crippen LogP contribution in [0.3, 0.4) is 0 Å². The SMILES string of the molecule is COc1ccc(C[C@H](NC(=O)[C@H](C)NC(=O)c2cccc(-c3ccccc3)n2)C(=O)N[C@@H](CC(C)C)C(=O)C(=O)Nc2ccccc2)cc1. The van der Waals surface area contributed by atoms with E-state index in [1.54, 1.807) is 72.8 Å². The number of para-hydroxylation sites is 1. The lowest BCUT2D eigenvalue weighted by molar-refractivity contribution is -0.138. The molecule has 3 atom stereocenters.